The number of hydrogen-bond acceptors (Lipinski definition) is 0. The minimum Gasteiger partial charge on any atom is -1.00 e. The molecule has 0 aliphatic carbocycles. The van der Waals surface area contributed by atoms with E-state index in [1.807, 2.05) is 0 Å². The van der Waals surface area contributed by atoms with Gasteiger partial charge in [0.05, 0.1) is 0 Å². The van der Waals surface area contributed by atoms with Gasteiger partial charge in [0.25, 0.3) is 0 Å². The number of hydrogen-bond donors (Lipinski definition) is 0. The molecule has 1 rings (SSSR count). The Morgan fingerprint density at radius 2 is 2.00 bits per heavy atom. The summed E-state index contributed by atoms with van der Waals surface area (Å²) in [7, 11) is 0. The molecule has 0 N–H and O–H groups in total. The monoisotopic (exact) mass is 162 g/mol. The summed E-state index contributed by atoms with van der Waals surface area (Å²) < 4.78 is 0.734. The molecule has 11 heavy (non-hydrogen) atoms. The second-order valence-electron chi connectivity index (χ2n) is 2.86. The molecule has 1 atom stereocenters. The predicted molar refractivity (Wildman–Crippen MR) is 52.2 cm³/mol. The van der Waals surface area contributed by atoms with Crippen molar-refractivity contribution in [1.82, 2.24) is 0 Å². The Kier molecular flexibility index (Phi) is 3.69. The summed E-state index contributed by atoms with van der Waals surface area (Å²) in [5.74, 6) is 0. The van der Waals surface area contributed by atoms with Gasteiger partial charge in [-0.25, -0.2) is 0 Å². The molecule has 1 heteroatoms. The zero-order chi connectivity index (χ0) is 8.10. The normalized spacial score (nSPS) is 13.0. The van der Waals surface area contributed by atoms with Gasteiger partial charge in [0.2, 0.25) is 0 Å². The summed E-state index contributed by atoms with van der Waals surface area (Å²) in [6.45, 7) is 2.22. The van der Waals surface area contributed by atoms with Crippen LogP contribution < -0.4 is 0 Å². The van der Waals surface area contributed by atoms with E-state index in [0.717, 1.165) is 4.78 Å². The second-order valence-corrected chi connectivity index (χ2v) is 3.80. The van der Waals surface area contributed by atoms with Crippen LogP contribution in [-0.4, -0.2) is 16.3 Å². The molecule has 0 saturated carbocycles. The molecule has 0 saturated heterocycles. The minimum absolute atomic E-state index is 0. The van der Waals surface area contributed by atoms with Gasteiger partial charge in [0.15, 0.2) is 0 Å². The summed E-state index contributed by atoms with van der Waals surface area (Å²) in [5, 5.41) is 0. The molecule has 0 fully saturated rings. The van der Waals surface area contributed by atoms with Crippen molar-refractivity contribution in [3.8, 4) is 0 Å². The zero-order valence-electron chi connectivity index (χ0n) is 8.96. The molecule has 0 aliphatic heterocycles. The van der Waals surface area contributed by atoms with Gasteiger partial charge >= 0.3 is 76.7 Å². The molecule has 0 heterocycles. The van der Waals surface area contributed by atoms with Crippen molar-refractivity contribution in [2.75, 3.05) is 0 Å². The fraction of sp³-hybridized carbons (Fsp3) is 0.400. The molecule has 58 valence electrons. The molecule has 0 aliphatic rings. The first-order chi connectivity index (χ1) is 5.33. The topological polar surface area (TPSA) is 0 Å². The second kappa shape index (κ2) is 4.59. The Labute approximate surface area is 80.0 Å². The van der Waals surface area contributed by atoms with Crippen LogP contribution >= 0.6 is 0 Å². The van der Waals surface area contributed by atoms with Crippen LogP contribution in [0.4, 0.5) is 0 Å². The van der Waals surface area contributed by atoms with Gasteiger partial charge in [-0.05, 0) is 0 Å². The van der Waals surface area contributed by atoms with Crippen LogP contribution in [0.25, 0.3) is 0 Å². The molecular weight excluding hydrogens is 147 g/mol. The third-order valence-electron chi connectivity index (χ3n) is 1.87. The predicted octanol–water partition coefficient (Wildman–Crippen LogP) is 2.82. The Balaban J connectivity index is 0. The fourth-order valence-electron chi connectivity index (χ4n) is 1.06. The van der Waals surface area contributed by atoms with E-state index in [0.29, 0.717) is 0 Å². The van der Waals surface area contributed by atoms with E-state index in [1.165, 1.54) is 18.4 Å². The summed E-state index contributed by atoms with van der Waals surface area (Å²) in [4.78, 5) is 0. The maximum atomic E-state index is 2.88. The maximum absolute atomic E-state index is 2.88. The number of benzene rings is 1. The third-order valence-corrected chi connectivity index (χ3v) is 2.57. The van der Waals surface area contributed by atoms with Crippen LogP contribution in [0.2, 0.25) is 4.78 Å². The van der Waals surface area contributed by atoms with E-state index in [2.05, 4.69) is 53.5 Å². The summed E-state index contributed by atoms with van der Waals surface area (Å²) in [6, 6.07) is 10.6. The molecule has 0 nitrogen and oxygen atoms in total. The van der Waals surface area contributed by atoms with Crippen molar-refractivity contribution in [2.45, 2.75) is 24.5 Å². The van der Waals surface area contributed by atoms with E-state index in [4.69, 9.17) is 0 Å². The Hall–Kier alpha value is -0.248. The van der Waals surface area contributed by atoms with E-state index in [-0.39, 0.29) is 2.85 Å². The molecular formula is C10H15Al. The molecule has 0 spiro atoms. The largest absolute Gasteiger partial charge is 1.00 e. The van der Waals surface area contributed by atoms with Crippen LogP contribution in [0.3, 0.4) is 0 Å². The van der Waals surface area contributed by atoms with Gasteiger partial charge < -0.3 is 2.85 Å². The van der Waals surface area contributed by atoms with E-state index in [1.54, 1.807) is 0 Å². The smallest absolute Gasteiger partial charge is 1.00 e. The maximum Gasteiger partial charge on any atom is -1.00 e. The molecule has 0 radical (unpaired) electrons. The van der Waals surface area contributed by atoms with Crippen molar-refractivity contribution in [1.29, 1.82) is 0 Å². The first kappa shape index (κ1) is 8.85. The summed E-state index contributed by atoms with van der Waals surface area (Å²) >= 11 is 2.88. The molecule has 0 amide bonds. The van der Waals surface area contributed by atoms with Crippen LogP contribution in [-0.2, 0) is 6.42 Å². The third kappa shape index (κ3) is 3.10. The van der Waals surface area contributed by atoms with E-state index >= 15 is 0 Å². The van der Waals surface area contributed by atoms with Crippen molar-refractivity contribution in [2.24, 2.45) is 0 Å². The number of rotatable bonds is 3. The van der Waals surface area contributed by atoms with Gasteiger partial charge in [0.1, 0.15) is 0 Å². The Morgan fingerprint density at radius 3 is 2.55 bits per heavy atom. The summed E-state index contributed by atoms with van der Waals surface area (Å²) in [6.07, 6.45) is 2.42. The van der Waals surface area contributed by atoms with Crippen molar-refractivity contribution in [3.63, 3.8) is 0 Å². The van der Waals surface area contributed by atoms with E-state index < -0.39 is 0 Å². The Morgan fingerprint density at radius 1 is 1.36 bits per heavy atom. The first-order valence-corrected chi connectivity index (χ1v) is 4.79. The molecule has 1 aromatic rings. The average Bonchev–Trinajstić information content (AvgIpc) is 2.06. The Bertz CT molecular complexity index is 201. The van der Waals surface area contributed by atoms with Crippen molar-refractivity contribution in [3.05, 3.63) is 35.9 Å². The van der Waals surface area contributed by atoms with Gasteiger partial charge in [-0.2, -0.15) is 0 Å². The average molecular weight is 162 g/mol. The van der Waals surface area contributed by atoms with Gasteiger partial charge in [-0.1, -0.05) is 0 Å². The van der Waals surface area contributed by atoms with Crippen molar-refractivity contribution >= 4 is 16.3 Å². The van der Waals surface area contributed by atoms with Crippen LogP contribution in [0, 0.1) is 0 Å². The van der Waals surface area contributed by atoms with E-state index in [9.17, 15) is 0 Å². The van der Waals surface area contributed by atoms with Crippen molar-refractivity contribution < 1.29 is 2.85 Å². The fourth-order valence-corrected chi connectivity index (χ4v) is 1.33. The molecule has 0 aromatic heterocycles. The van der Waals surface area contributed by atoms with Crippen LogP contribution in [0.5, 0.6) is 0 Å². The van der Waals surface area contributed by atoms with Crippen LogP contribution in [0.1, 0.15) is 21.8 Å². The van der Waals surface area contributed by atoms with Gasteiger partial charge in [0, 0.05) is 0 Å². The minimum atomic E-state index is 0. The van der Waals surface area contributed by atoms with Crippen LogP contribution in [0.15, 0.2) is 30.3 Å². The molecule has 1 unspecified atom stereocenters. The quantitative estimate of drug-likeness (QED) is 0.599. The molecule has 1 aromatic carbocycles. The van der Waals surface area contributed by atoms with Gasteiger partial charge in [-0.3, -0.25) is 0 Å². The van der Waals surface area contributed by atoms with Gasteiger partial charge in [-0.15, -0.1) is 0 Å². The summed E-state index contributed by atoms with van der Waals surface area (Å²) in [5.41, 5.74) is 1.44. The zero-order valence-corrected chi connectivity index (χ0v) is 8.11. The molecule has 0 bridgehead atoms. The first-order valence-electron chi connectivity index (χ1n) is 4.12. The standard InChI is InChI=1S/C10H13.Al.2H/c1-2-3-7-10-8-5-4-6-9-10;;;/h3-6,8-9H,2,7H2,1H3;;;/q;+2;2*-1. The SMILES string of the molecule is CC[CH]([Al+2])Cc1ccccc1.[H-].[H-].